The molecule has 0 spiro atoms. The zero-order chi connectivity index (χ0) is 14.7. The van der Waals surface area contributed by atoms with Gasteiger partial charge < -0.3 is 4.57 Å². The maximum Gasteiger partial charge on any atom is 0.266 e. The molecule has 0 bridgehead atoms. The molecule has 0 saturated carbocycles. The van der Waals surface area contributed by atoms with Crippen LogP contribution in [-0.4, -0.2) is 10.5 Å². The summed E-state index contributed by atoms with van der Waals surface area (Å²) in [6.07, 6.45) is 1.40. The second-order valence-corrected chi connectivity index (χ2v) is 4.22. The molecular formula is C14H12N4O2. The normalized spacial score (nSPS) is 9.85. The lowest BCUT2D eigenvalue weighted by atomic mass is 10.0. The van der Waals surface area contributed by atoms with E-state index in [1.165, 1.54) is 16.8 Å². The van der Waals surface area contributed by atoms with Crippen molar-refractivity contribution < 1.29 is 4.79 Å². The van der Waals surface area contributed by atoms with E-state index in [1.807, 2.05) is 11.5 Å². The minimum atomic E-state index is -0.488. The van der Waals surface area contributed by atoms with Crippen LogP contribution >= 0.6 is 0 Å². The van der Waals surface area contributed by atoms with Gasteiger partial charge in [0, 0.05) is 18.8 Å². The van der Waals surface area contributed by atoms with E-state index < -0.39 is 5.91 Å². The van der Waals surface area contributed by atoms with E-state index in [9.17, 15) is 9.59 Å². The standard InChI is InChI=1S/C14H12N4O2/c1-18-8-11(13(19)17-16)6-12(14(18)20)10-4-2-3-9(5-10)7-15/h2-6,8H,16H2,1H3,(H,17,19). The molecule has 0 saturated heterocycles. The Labute approximate surface area is 115 Å². The van der Waals surface area contributed by atoms with Gasteiger partial charge in [-0.1, -0.05) is 12.1 Å². The first-order valence-electron chi connectivity index (χ1n) is 5.79. The highest BCUT2D eigenvalue weighted by Crippen LogP contribution is 2.18. The zero-order valence-electron chi connectivity index (χ0n) is 10.8. The van der Waals surface area contributed by atoms with Gasteiger partial charge in [-0.3, -0.25) is 15.0 Å². The Morgan fingerprint density at radius 3 is 2.80 bits per heavy atom. The van der Waals surface area contributed by atoms with Crippen LogP contribution < -0.4 is 16.8 Å². The Morgan fingerprint density at radius 1 is 1.40 bits per heavy atom. The van der Waals surface area contributed by atoms with E-state index in [-0.39, 0.29) is 11.1 Å². The second-order valence-electron chi connectivity index (χ2n) is 4.22. The highest BCUT2D eigenvalue weighted by Gasteiger charge is 2.11. The molecule has 6 nitrogen and oxygen atoms in total. The maximum atomic E-state index is 12.1. The fourth-order valence-electron chi connectivity index (χ4n) is 1.88. The summed E-state index contributed by atoms with van der Waals surface area (Å²) in [7, 11) is 1.55. The number of nitrogens with one attached hydrogen (secondary N) is 1. The summed E-state index contributed by atoms with van der Waals surface area (Å²) >= 11 is 0. The van der Waals surface area contributed by atoms with Gasteiger partial charge in [0.25, 0.3) is 11.5 Å². The van der Waals surface area contributed by atoms with Gasteiger partial charge in [-0.05, 0) is 23.8 Å². The quantitative estimate of drug-likeness (QED) is 0.471. The number of aromatic nitrogens is 1. The van der Waals surface area contributed by atoms with E-state index in [0.717, 1.165) is 0 Å². The SMILES string of the molecule is Cn1cc(C(=O)NN)cc(-c2cccc(C#N)c2)c1=O. The number of hydrazine groups is 1. The molecule has 0 aliphatic carbocycles. The van der Waals surface area contributed by atoms with Gasteiger partial charge in [0.2, 0.25) is 0 Å². The summed E-state index contributed by atoms with van der Waals surface area (Å²) in [6, 6.07) is 10.1. The molecule has 1 aromatic carbocycles. The molecule has 6 heteroatoms. The lowest BCUT2D eigenvalue weighted by Gasteiger charge is -2.08. The molecule has 1 amide bonds. The predicted octanol–water partition coefficient (Wildman–Crippen LogP) is 0.527. The van der Waals surface area contributed by atoms with Crippen molar-refractivity contribution in [3.63, 3.8) is 0 Å². The average Bonchev–Trinajstić information content (AvgIpc) is 2.49. The molecule has 2 rings (SSSR count). The molecule has 0 radical (unpaired) electrons. The van der Waals surface area contributed by atoms with Crippen LogP contribution in [0.2, 0.25) is 0 Å². The molecule has 0 atom stereocenters. The number of nitrogen functional groups attached to an aromatic ring is 1. The minimum Gasteiger partial charge on any atom is -0.317 e. The Hall–Kier alpha value is -2.91. The van der Waals surface area contributed by atoms with Gasteiger partial charge in [-0.2, -0.15) is 5.26 Å². The average molecular weight is 268 g/mol. The van der Waals surface area contributed by atoms with Gasteiger partial charge in [-0.15, -0.1) is 0 Å². The summed E-state index contributed by atoms with van der Waals surface area (Å²) in [6.45, 7) is 0. The molecule has 1 heterocycles. The number of nitrogens with two attached hydrogens (primary N) is 1. The summed E-state index contributed by atoms with van der Waals surface area (Å²) in [5.41, 5.74) is 3.40. The van der Waals surface area contributed by atoms with Gasteiger partial charge in [0.05, 0.1) is 17.2 Å². The summed E-state index contributed by atoms with van der Waals surface area (Å²) < 4.78 is 1.30. The molecule has 0 fully saturated rings. The van der Waals surface area contributed by atoms with Gasteiger partial charge in [0.15, 0.2) is 0 Å². The third-order valence-corrected chi connectivity index (χ3v) is 2.88. The van der Waals surface area contributed by atoms with Crippen LogP contribution in [0, 0.1) is 11.3 Å². The summed E-state index contributed by atoms with van der Waals surface area (Å²) in [5, 5.41) is 8.90. The van der Waals surface area contributed by atoms with Crippen LogP contribution in [0.1, 0.15) is 15.9 Å². The number of nitrogens with zero attached hydrogens (tertiary/aromatic N) is 2. The first kappa shape index (κ1) is 13.5. The van der Waals surface area contributed by atoms with Crippen LogP contribution in [0.15, 0.2) is 41.3 Å². The van der Waals surface area contributed by atoms with Crippen LogP contribution in [-0.2, 0) is 7.05 Å². The number of benzene rings is 1. The van der Waals surface area contributed by atoms with Crippen molar-refractivity contribution in [2.75, 3.05) is 0 Å². The largest absolute Gasteiger partial charge is 0.317 e. The number of carbonyl (C=O) groups is 1. The molecule has 0 aliphatic rings. The minimum absolute atomic E-state index is 0.256. The Balaban J connectivity index is 2.67. The van der Waals surface area contributed by atoms with E-state index in [1.54, 1.807) is 31.3 Å². The molecule has 3 N–H and O–H groups in total. The van der Waals surface area contributed by atoms with E-state index in [4.69, 9.17) is 11.1 Å². The molecule has 0 aliphatic heterocycles. The van der Waals surface area contributed by atoms with Gasteiger partial charge in [-0.25, -0.2) is 5.84 Å². The van der Waals surface area contributed by atoms with Crippen molar-refractivity contribution in [2.24, 2.45) is 12.9 Å². The first-order valence-corrected chi connectivity index (χ1v) is 5.79. The summed E-state index contributed by atoms with van der Waals surface area (Å²) in [4.78, 5) is 23.7. The number of aryl methyl sites for hydroxylation is 1. The molecule has 0 unspecified atom stereocenters. The molecule has 2 aromatic rings. The lowest BCUT2D eigenvalue weighted by Crippen LogP contribution is -2.31. The predicted molar refractivity (Wildman–Crippen MR) is 73.5 cm³/mol. The number of hydrogen-bond acceptors (Lipinski definition) is 4. The second kappa shape index (κ2) is 5.38. The van der Waals surface area contributed by atoms with E-state index in [2.05, 4.69) is 0 Å². The van der Waals surface area contributed by atoms with Crippen molar-refractivity contribution in [3.8, 4) is 17.2 Å². The highest BCUT2D eigenvalue weighted by atomic mass is 16.2. The number of carbonyl (C=O) groups excluding carboxylic acids is 1. The van der Waals surface area contributed by atoms with Crippen LogP contribution in [0.3, 0.4) is 0 Å². The number of hydrogen-bond donors (Lipinski definition) is 2. The molecule has 1 aromatic heterocycles. The molecule has 100 valence electrons. The summed E-state index contributed by atoms with van der Waals surface area (Å²) in [5.74, 6) is 4.61. The third kappa shape index (κ3) is 2.43. The Morgan fingerprint density at radius 2 is 2.15 bits per heavy atom. The zero-order valence-corrected chi connectivity index (χ0v) is 10.8. The smallest absolute Gasteiger partial charge is 0.266 e. The van der Waals surface area contributed by atoms with Crippen molar-refractivity contribution in [2.45, 2.75) is 0 Å². The molecule has 20 heavy (non-hydrogen) atoms. The monoisotopic (exact) mass is 268 g/mol. The lowest BCUT2D eigenvalue weighted by molar-refractivity contribution is 0.0953. The highest BCUT2D eigenvalue weighted by molar-refractivity contribution is 5.94. The number of pyridine rings is 1. The van der Waals surface area contributed by atoms with E-state index >= 15 is 0 Å². The van der Waals surface area contributed by atoms with Crippen molar-refractivity contribution in [1.29, 1.82) is 5.26 Å². The van der Waals surface area contributed by atoms with Crippen LogP contribution in [0.4, 0.5) is 0 Å². The fourth-order valence-corrected chi connectivity index (χ4v) is 1.88. The first-order chi connectivity index (χ1) is 9.56. The Bertz CT molecular complexity index is 771. The number of amides is 1. The fraction of sp³-hybridized carbons (Fsp3) is 0.0714. The van der Waals surface area contributed by atoms with Gasteiger partial charge >= 0.3 is 0 Å². The van der Waals surface area contributed by atoms with Crippen molar-refractivity contribution in [3.05, 3.63) is 58.0 Å². The van der Waals surface area contributed by atoms with Crippen molar-refractivity contribution in [1.82, 2.24) is 9.99 Å². The molecular weight excluding hydrogens is 256 g/mol. The van der Waals surface area contributed by atoms with E-state index in [0.29, 0.717) is 16.7 Å². The van der Waals surface area contributed by atoms with Crippen LogP contribution in [0.25, 0.3) is 11.1 Å². The number of rotatable bonds is 2. The van der Waals surface area contributed by atoms with Crippen LogP contribution in [0.5, 0.6) is 0 Å². The maximum absolute atomic E-state index is 12.1. The number of nitriles is 1. The third-order valence-electron chi connectivity index (χ3n) is 2.88. The van der Waals surface area contributed by atoms with Crippen molar-refractivity contribution >= 4 is 5.91 Å². The van der Waals surface area contributed by atoms with Gasteiger partial charge in [0.1, 0.15) is 0 Å². The Kier molecular flexibility index (Phi) is 3.64. The topological polar surface area (TPSA) is 101 Å².